The van der Waals surface area contributed by atoms with Crippen molar-refractivity contribution in [3.05, 3.63) is 60.2 Å². The second kappa shape index (κ2) is 8.95. The van der Waals surface area contributed by atoms with Gasteiger partial charge in [-0.3, -0.25) is 9.67 Å². The number of aromatic nitrogens is 5. The van der Waals surface area contributed by atoms with Crippen LogP contribution < -0.4 is 4.90 Å². The number of hydrogen-bond acceptors (Lipinski definition) is 7. The van der Waals surface area contributed by atoms with E-state index in [4.69, 9.17) is 0 Å². The summed E-state index contributed by atoms with van der Waals surface area (Å²) < 4.78 is 54.3. The molecule has 11 heteroatoms. The van der Waals surface area contributed by atoms with Crippen molar-refractivity contribution in [3.8, 4) is 11.3 Å². The minimum absolute atomic E-state index is 0.105. The third-order valence-electron chi connectivity index (χ3n) is 6.37. The molecule has 0 saturated carbocycles. The molecule has 1 fully saturated rings. The second-order valence-corrected chi connectivity index (χ2v) is 10.7. The predicted octanol–water partition coefficient (Wildman–Crippen LogP) is 3.97. The molecule has 0 amide bonds. The Bertz CT molecular complexity index is 1500. The maximum absolute atomic E-state index is 14.7. The molecule has 3 aromatic heterocycles. The van der Waals surface area contributed by atoms with Crippen molar-refractivity contribution in [2.24, 2.45) is 0 Å². The number of halogens is 2. The highest BCUT2D eigenvalue weighted by Crippen LogP contribution is 2.31. The van der Waals surface area contributed by atoms with Crippen molar-refractivity contribution in [2.45, 2.75) is 37.1 Å². The summed E-state index contributed by atoms with van der Waals surface area (Å²) in [6, 6.07) is 3.36. The predicted molar refractivity (Wildman–Crippen MR) is 128 cm³/mol. The fraction of sp³-hybridized carbons (Fsp3) is 0.333. The number of fused-ring (bicyclic) bond motifs is 1. The van der Waals surface area contributed by atoms with E-state index in [1.54, 1.807) is 18.5 Å². The van der Waals surface area contributed by atoms with E-state index in [2.05, 4.69) is 31.9 Å². The second-order valence-electron chi connectivity index (χ2n) is 8.72. The van der Waals surface area contributed by atoms with Crippen molar-refractivity contribution in [3.63, 3.8) is 0 Å². The van der Waals surface area contributed by atoms with Crippen LogP contribution in [-0.4, -0.2) is 52.5 Å². The zero-order valence-corrected chi connectivity index (χ0v) is 20.1. The monoisotopic (exact) mass is 498 g/mol. The summed E-state index contributed by atoms with van der Waals surface area (Å²) in [6.45, 7) is 3.65. The molecule has 0 bridgehead atoms. The molecule has 1 aromatic carbocycles. The Morgan fingerprint density at radius 2 is 1.69 bits per heavy atom. The molecule has 35 heavy (non-hydrogen) atoms. The van der Waals surface area contributed by atoms with Gasteiger partial charge in [0.05, 0.1) is 29.6 Å². The van der Waals surface area contributed by atoms with Gasteiger partial charge in [0, 0.05) is 42.7 Å². The van der Waals surface area contributed by atoms with Gasteiger partial charge in [-0.25, -0.2) is 27.2 Å². The molecule has 0 N–H and O–H groups in total. The number of hydrogen-bond donors (Lipinski definition) is 0. The van der Waals surface area contributed by atoms with Crippen LogP contribution >= 0.6 is 0 Å². The van der Waals surface area contributed by atoms with Gasteiger partial charge >= 0.3 is 0 Å². The lowest BCUT2D eigenvalue weighted by Gasteiger charge is -2.32. The number of anilines is 1. The van der Waals surface area contributed by atoms with Crippen LogP contribution in [0.2, 0.25) is 0 Å². The van der Waals surface area contributed by atoms with Gasteiger partial charge in [-0.05, 0) is 43.0 Å². The normalized spacial score (nSPS) is 15.1. The Morgan fingerprint density at radius 3 is 2.34 bits per heavy atom. The Kier molecular flexibility index (Phi) is 5.96. The molecule has 182 valence electrons. The summed E-state index contributed by atoms with van der Waals surface area (Å²) in [4.78, 5) is 14.8. The standard InChI is InChI=1S/C24H24F2N6O2S/c1-3-15-11-28-24(29-12-15)31-6-4-17(5-7-31)32-22-14-27-21(8-16(22)13-30-32)18-9-20(26)23(10-19(18)25)35(2,33)34/h8-14,17H,3-7H2,1-2H3. The fourth-order valence-corrected chi connectivity index (χ4v) is 5.13. The summed E-state index contributed by atoms with van der Waals surface area (Å²) in [5, 5.41) is 5.28. The number of rotatable bonds is 5. The molecular weight excluding hydrogens is 474 g/mol. The number of sulfone groups is 1. The van der Waals surface area contributed by atoms with Gasteiger partial charge < -0.3 is 4.90 Å². The van der Waals surface area contributed by atoms with E-state index in [0.717, 1.165) is 67.1 Å². The zero-order chi connectivity index (χ0) is 24.7. The first-order valence-corrected chi connectivity index (χ1v) is 13.2. The molecule has 0 spiro atoms. The fourth-order valence-electron chi connectivity index (χ4n) is 4.40. The molecule has 0 aliphatic carbocycles. The number of benzene rings is 1. The number of piperidine rings is 1. The van der Waals surface area contributed by atoms with Gasteiger partial charge in [0.15, 0.2) is 9.84 Å². The quantitative estimate of drug-likeness (QED) is 0.411. The zero-order valence-electron chi connectivity index (χ0n) is 19.3. The van der Waals surface area contributed by atoms with E-state index >= 15 is 0 Å². The first kappa shape index (κ1) is 23.3. The Morgan fingerprint density at radius 1 is 0.971 bits per heavy atom. The van der Waals surface area contributed by atoms with Crippen LogP contribution in [0.25, 0.3) is 22.2 Å². The summed E-state index contributed by atoms with van der Waals surface area (Å²) in [6.07, 6.45) is 10.4. The average molecular weight is 499 g/mol. The van der Waals surface area contributed by atoms with Crippen LogP contribution in [-0.2, 0) is 16.3 Å². The van der Waals surface area contributed by atoms with Crippen LogP contribution in [0.3, 0.4) is 0 Å². The molecule has 0 atom stereocenters. The lowest BCUT2D eigenvalue weighted by Crippen LogP contribution is -2.36. The van der Waals surface area contributed by atoms with E-state index in [0.29, 0.717) is 6.07 Å². The highest BCUT2D eigenvalue weighted by molar-refractivity contribution is 7.90. The van der Waals surface area contributed by atoms with E-state index in [1.807, 2.05) is 17.1 Å². The van der Waals surface area contributed by atoms with Crippen molar-refractivity contribution in [1.82, 2.24) is 24.7 Å². The SMILES string of the molecule is CCc1cnc(N2CCC(n3ncc4cc(-c5cc(F)c(S(C)(=O)=O)cc5F)ncc43)CC2)nc1. The molecule has 4 heterocycles. The summed E-state index contributed by atoms with van der Waals surface area (Å²) >= 11 is 0. The molecule has 1 saturated heterocycles. The molecule has 0 unspecified atom stereocenters. The van der Waals surface area contributed by atoms with E-state index in [9.17, 15) is 17.2 Å². The first-order chi connectivity index (χ1) is 16.7. The Balaban J connectivity index is 1.37. The first-order valence-electron chi connectivity index (χ1n) is 11.3. The lowest BCUT2D eigenvalue weighted by molar-refractivity contribution is 0.373. The van der Waals surface area contributed by atoms with Crippen molar-refractivity contribution in [2.75, 3.05) is 24.2 Å². The van der Waals surface area contributed by atoms with Crippen LogP contribution in [0.1, 0.15) is 31.4 Å². The van der Waals surface area contributed by atoms with Crippen molar-refractivity contribution < 1.29 is 17.2 Å². The number of nitrogens with zero attached hydrogens (tertiary/aromatic N) is 6. The largest absolute Gasteiger partial charge is 0.341 e. The van der Waals surface area contributed by atoms with Gasteiger partial charge in [-0.2, -0.15) is 5.10 Å². The smallest absolute Gasteiger partial charge is 0.225 e. The minimum atomic E-state index is -3.88. The maximum Gasteiger partial charge on any atom is 0.225 e. The molecule has 8 nitrogen and oxygen atoms in total. The van der Waals surface area contributed by atoms with Crippen LogP contribution in [0.5, 0.6) is 0 Å². The number of pyridine rings is 1. The summed E-state index contributed by atoms with van der Waals surface area (Å²) in [5.41, 5.74) is 2.00. The molecule has 5 rings (SSSR count). The van der Waals surface area contributed by atoms with Gasteiger partial charge in [-0.15, -0.1) is 0 Å². The van der Waals surface area contributed by atoms with Crippen molar-refractivity contribution >= 4 is 26.7 Å². The lowest BCUT2D eigenvalue weighted by atomic mass is 10.1. The molecule has 1 aliphatic rings. The van der Waals surface area contributed by atoms with Gasteiger partial charge in [0.1, 0.15) is 16.5 Å². The maximum atomic E-state index is 14.7. The van der Waals surface area contributed by atoms with Crippen LogP contribution in [0.15, 0.2) is 47.9 Å². The summed E-state index contributed by atoms with van der Waals surface area (Å²) in [5.74, 6) is -1.14. The topological polar surface area (TPSA) is 93.9 Å². The molecule has 0 radical (unpaired) electrons. The third kappa shape index (κ3) is 4.47. The average Bonchev–Trinajstić information content (AvgIpc) is 3.28. The van der Waals surface area contributed by atoms with Crippen LogP contribution in [0.4, 0.5) is 14.7 Å². The van der Waals surface area contributed by atoms with Gasteiger partial charge in [0.25, 0.3) is 0 Å². The Labute approximate surface area is 201 Å². The summed E-state index contributed by atoms with van der Waals surface area (Å²) in [7, 11) is -3.88. The third-order valence-corrected chi connectivity index (χ3v) is 7.48. The van der Waals surface area contributed by atoms with Gasteiger partial charge in [0.2, 0.25) is 5.95 Å². The van der Waals surface area contributed by atoms with E-state index < -0.39 is 26.4 Å². The van der Waals surface area contributed by atoms with Crippen LogP contribution in [0, 0.1) is 11.6 Å². The Hall–Kier alpha value is -3.47. The van der Waals surface area contributed by atoms with E-state index in [1.165, 1.54) is 0 Å². The molecular formula is C24H24F2N6O2S. The molecule has 1 aliphatic heterocycles. The van der Waals surface area contributed by atoms with Gasteiger partial charge in [-0.1, -0.05) is 6.92 Å². The highest BCUT2D eigenvalue weighted by atomic mass is 32.2. The van der Waals surface area contributed by atoms with E-state index in [-0.39, 0.29) is 17.3 Å². The minimum Gasteiger partial charge on any atom is -0.341 e. The molecule has 4 aromatic rings. The highest BCUT2D eigenvalue weighted by Gasteiger charge is 2.25. The van der Waals surface area contributed by atoms with Crippen molar-refractivity contribution in [1.29, 1.82) is 0 Å². The number of aryl methyl sites for hydroxylation is 1.